The van der Waals surface area contributed by atoms with Gasteiger partial charge in [-0.25, -0.2) is 4.79 Å². The number of nitrogens with one attached hydrogen (secondary N) is 1. The molecular formula is C22H27N5O4. The molecule has 0 unspecified atom stereocenters. The molecule has 3 aromatic rings. The molecule has 1 amide bonds. The third-order valence-corrected chi connectivity index (χ3v) is 5.92. The molecule has 0 radical (unpaired) electrons. The average molecular weight is 425 g/mol. The highest BCUT2D eigenvalue weighted by Crippen LogP contribution is 2.19. The van der Waals surface area contributed by atoms with Gasteiger partial charge in [-0.05, 0) is 38.1 Å². The normalized spacial score (nSPS) is 15.5. The lowest BCUT2D eigenvalue weighted by Gasteiger charge is -2.31. The molecule has 2 heterocycles. The van der Waals surface area contributed by atoms with Crippen molar-refractivity contribution >= 4 is 33.8 Å². The van der Waals surface area contributed by atoms with Crippen LogP contribution in [-0.2, 0) is 4.74 Å². The maximum atomic E-state index is 12.9. The maximum Gasteiger partial charge on any atom is 0.411 e. The Morgan fingerprint density at radius 2 is 1.55 bits per heavy atom. The first-order chi connectivity index (χ1) is 14.8. The van der Waals surface area contributed by atoms with Crippen LogP contribution in [0.1, 0.15) is 11.1 Å². The first-order valence-electron chi connectivity index (χ1n) is 10.4. The number of anilines is 1. The number of carbonyl (C=O) groups excluding carboxylic acids is 1. The van der Waals surface area contributed by atoms with Crippen LogP contribution in [0.25, 0.3) is 22.1 Å². The molecule has 1 N–H and O–H groups in total. The van der Waals surface area contributed by atoms with Crippen molar-refractivity contribution in [2.24, 2.45) is 0 Å². The van der Waals surface area contributed by atoms with Gasteiger partial charge < -0.3 is 20.1 Å². The van der Waals surface area contributed by atoms with Crippen LogP contribution >= 0.6 is 0 Å². The molecule has 4 rings (SSSR count). The van der Waals surface area contributed by atoms with Gasteiger partial charge in [0.25, 0.3) is 22.1 Å². The summed E-state index contributed by atoms with van der Waals surface area (Å²) in [5.74, 6) is 0. The molecule has 1 saturated heterocycles. The Balaban J connectivity index is 1.48. The molecule has 31 heavy (non-hydrogen) atoms. The zero-order valence-corrected chi connectivity index (χ0v) is 18.1. The van der Waals surface area contributed by atoms with Crippen molar-refractivity contribution in [3.05, 3.63) is 51.9 Å². The van der Waals surface area contributed by atoms with E-state index in [1.807, 2.05) is 13.8 Å². The van der Waals surface area contributed by atoms with E-state index >= 15 is 0 Å². The molecule has 9 heteroatoms. The van der Waals surface area contributed by atoms with E-state index in [4.69, 9.17) is 4.74 Å². The van der Waals surface area contributed by atoms with E-state index in [0.717, 1.165) is 46.8 Å². The second kappa shape index (κ2) is 8.52. The predicted octanol–water partition coefficient (Wildman–Crippen LogP) is 1.67. The molecule has 1 aliphatic rings. The zero-order chi connectivity index (χ0) is 22.1. The molecule has 1 fully saturated rings. The molecular weight excluding hydrogens is 398 g/mol. The molecule has 0 atom stereocenters. The van der Waals surface area contributed by atoms with Crippen molar-refractivity contribution in [3.63, 3.8) is 0 Å². The first kappa shape index (κ1) is 21.1. The summed E-state index contributed by atoms with van der Waals surface area (Å²) in [6.07, 6.45) is -0.590. The summed E-state index contributed by atoms with van der Waals surface area (Å²) >= 11 is 0. The Bertz CT molecular complexity index is 1140. The number of amides is 1. The standard InChI is InChI=1S/C22H27N5O4/c1-15-12-19-20(13-16(15)2)27(30)21-14-17(4-5-18(21)26(19)29)23-22(28)31-11-10-25-8-6-24(3)7-9-25/h4-5,12-14H,6-11H2,1-3H3,(H,23,28). The molecule has 1 aliphatic heterocycles. The monoisotopic (exact) mass is 425 g/mol. The second-order valence-corrected chi connectivity index (χ2v) is 8.12. The third-order valence-electron chi connectivity index (χ3n) is 5.92. The number of carbonyl (C=O) groups is 1. The van der Waals surface area contributed by atoms with Gasteiger partial charge in [0.1, 0.15) is 6.61 Å². The number of hydrogen-bond donors (Lipinski definition) is 1. The maximum absolute atomic E-state index is 12.9. The molecule has 0 bridgehead atoms. The van der Waals surface area contributed by atoms with Gasteiger partial charge in [0.2, 0.25) is 0 Å². The van der Waals surface area contributed by atoms with Crippen molar-refractivity contribution < 1.29 is 19.0 Å². The Labute approximate surface area is 180 Å². The Morgan fingerprint density at radius 1 is 0.968 bits per heavy atom. The number of rotatable bonds is 4. The minimum atomic E-state index is -0.590. The van der Waals surface area contributed by atoms with E-state index in [-0.39, 0.29) is 23.2 Å². The van der Waals surface area contributed by atoms with Gasteiger partial charge in [-0.3, -0.25) is 10.2 Å². The van der Waals surface area contributed by atoms with Gasteiger partial charge in [0.05, 0.1) is 5.69 Å². The first-order valence-corrected chi connectivity index (χ1v) is 10.4. The summed E-state index contributed by atoms with van der Waals surface area (Å²) in [5.41, 5.74) is 3.28. The van der Waals surface area contributed by atoms with Crippen LogP contribution < -0.4 is 14.8 Å². The van der Waals surface area contributed by atoms with Crippen molar-refractivity contribution in [1.82, 2.24) is 9.80 Å². The molecule has 9 nitrogen and oxygen atoms in total. The number of ether oxygens (including phenoxy) is 1. The number of aromatic nitrogens is 2. The van der Waals surface area contributed by atoms with Crippen LogP contribution in [0.5, 0.6) is 0 Å². The van der Waals surface area contributed by atoms with E-state index in [0.29, 0.717) is 17.7 Å². The van der Waals surface area contributed by atoms with Gasteiger partial charge in [0.15, 0.2) is 0 Å². The van der Waals surface area contributed by atoms with Crippen LogP contribution in [0.3, 0.4) is 0 Å². The van der Waals surface area contributed by atoms with Gasteiger partial charge in [-0.1, -0.05) is 0 Å². The van der Waals surface area contributed by atoms with E-state index in [2.05, 4.69) is 22.2 Å². The zero-order valence-electron chi connectivity index (χ0n) is 18.1. The van der Waals surface area contributed by atoms with Gasteiger partial charge in [-0.15, -0.1) is 0 Å². The van der Waals surface area contributed by atoms with E-state index in [1.165, 1.54) is 12.1 Å². The van der Waals surface area contributed by atoms with Gasteiger partial charge in [0, 0.05) is 57.0 Å². The summed E-state index contributed by atoms with van der Waals surface area (Å²) in [5, 5.41) is 28.4. The number of fused-ring (bicyclic) bond motifs is 2. The Hall–Kier alpha value is -3.17. The summed E-state index contributed by atoms with van der Waals surface area (Å²) in [6.45, 7) is 8.68. The number of benzene rings is 2. The van der Waals surface area contributed by atoms with Gasteiger partial charge in [-0.2, -0.15) is 9.46 Å². The number of hydrogen-bond acceptors (Lipinski definition) is 6. The fraction of sp³-hybridized carbons (Fsp3) is 0.409. The van der Waals surface area contributed by atoms with E-state index in [9.17, 15) is 15.2 Å². The van der Waals surface area contributed by atoms with Crippen molar-refractivity contribution in [2.75, 3.05) is 51.7 Å². The number of piperazine rings is 1. The van der Waals surface area contributed by atoms with Crippen molar-refractivity contribution in [1.29, 1.82) is 0 Å². The van der Waals surface area contributed by atoms with Crippen LogP contribution in [0, 0.1) is 24.3 Å². The summed E-state index contributed by atoms with van der Waals surface area (Å²) < 4.78 is 6.77. The van der Waals surface area contributed by atoms with Crippen LogP contribution in [-0.4, -0.2) is 62.3 Å². The SMILES string of the molecule is Cc1cc2c(cc1C)[n+]([O-])c1cc(NC(=O)OCCN3CCN(C)CC3)ccc1[n+]2[O-]. The molecule has 2 aromatic carbocycles. The van der Waals surface area contributed by atoms with Crippen LogP contribution in [0.4, 0.5) is 10.5 Å². The fourth-order valence-corrected chi connectivity index (χ4v) is 3.80. The lowest BCUT2D eigenvalue weighted by atomic mass is 10.1. The van der Waals surface area contributed by atoms with Crippen LogP contribution in [0.15, 0.2) is 30.3 Å². The lowest BCUT2D eigenvalue weighted by molar-refractivity contribution is -0.591. The molecule has 0 saturated carbocycles. The van der Waals surface area contributed by atoms with Crippen molar-refractivity contribution in [2.45, 2.75) is 13.8 Å². The van der Waals surface area contributed by atoms with E-state index < -0.39 is 6.09 Å². The Morgan fingerprint density at radius 3 is 2.19 bits per heavy atom. The molecule has 164 valence electrons. The molecule has 0 aliphatic carbocycles. The summed E-state index contributed by atoms with van der Waals surface area (Å²) in [4.78, 5) is 16.7. The third kappa shape index (κ3) is 4.33. The summed E-state index contributed by atoms with van der Waals surface area (Å²) in [7, 11) is 2.09. The lowest BCUT2D eigenvalue weighted by Crippen LogP contribution is -2.45. The molecule has 1 aromatic heterocycles. The second-order valence-electron chi connectivity index (χ2n) is 8.12. The molecule has 0 spiro atoms. The smallest absolute Gasteiger partial charge is 0.411 e. The largest absolute Gasteiger partial charge is 0.617 e. The highest BCUT2D eigenvalue weighted by molar-refractivity contribution is 5.88. The topological polar surface area (TPSA) is 98.7 Å². The summed E-state index contributed by atoms with van der Waals surface area (Å²) in [6, 6.07) is 8.04. The quantitative estimate of drug-likeness (QED) is 0.388. The number of likely N-dealkylation sites (N-methyl/N-ethyl adjacent to an activating group) is 1. The van der Waals surface area contributed by atoms with E-state index in [1.54, 1.807) is 18.2 Å². The highest BCUT2D eigenvalue weighted by atomic mass is 16.5. The average Bonchev–Trinajstić information content (AvgIpc) is 2.75. The minimum Gasteiger partial charge on any atom is -0.617 e. The van der Waals surface area contributed by atoms with Crippen LogP contribution in [0.2, 0.25) is 0 Å². The predicted molar refractivity (Wildman–Crippen MR) is 118 cm³/mol. The van der Waals surface area contributed by atoms with Gasteiger partial charge >= 0.3 is 6.09 Å². The minimum absolute atomic E-state index is 0.181. The Kier molecular flexibility index (Phi) is 5.79. The van der Waals surface area contributed by atoms with Crippen molar-refractivity contribution in [3.8, 4) is 0 Å². The highest BCUT2D eigenvalue weighted by Gasteiger charge is 2.23. The fourth-order valence-electron chi connectivity index (χ4n) is 3.80. The number of nitrogens with zero attached hydrogens (tertiary/aromatic N) is 4. The number of aryl methyl sites for hydroxylation is 2.